The number of nitrogens with two attached hydrogens (primary N) is 1. The summed E-state index contributed by atoms with van der Waals surface area (Å²) in [6.45, 7) is 5.96. The molecule has 0 spiro atoms. The Hall–Kier alpha value is -0.340. The first kappa shape index (κ1) is 9.75. The first-order valence-electron chi connectivity index (χ1n) is 4.56. The second-order valence-corrected chi connectivity index (χ2v) is 4.35. The van der Waals surface area contributed by atoms with Crippen LogP contribution in [0.25, 0.3) is 0 Å². The minimum Gasteiger partial charge on any atom is -0.388 e. The van der Waals surface area contributed by atoms with E-state index >= 15 is 0 Å². The van der Waals surface area contributed by atoms with Crippen molar-refractivity contribution in [1.29, 1.82) is 0 Å². The Morgan fingerprint density at radius 1 is 1.33 bits per heavy atom. The molecule has 0 heterocycles. The molecule has 3 N–H and O–H groups in total. The Bertz CT molecular complexity index is 196. The van der Waals surface area contributed by atoms with Gasteiger partial charge in [0, 0.05) is 0 Å². The van der Waals surface area contributed by atoms with Crippen molar-refractivity contribution in [3.05, 3.63) is 12.2 Å². The molecule has 2 heteroatoms. The van der Waals surface area contributed by atoms with Gasteiger partial charge in [-0.1, -0.05) is 26.0 Å². The first-order valence-corrected chi connectivity index (χ1v) is 4.56. The van der Waals surface area contributed by atoms with Crippen molar-refractivity contribution in [2.24, 2.45) is 11.7 Å². The van der Waals surface area contributed by atoms with E-state index in [4.69, 9.17) is 5.73 Å². The Balaban J connectivity index is 2.94. The SMILES string of the molecule is CC(C)C1(N)CC=CCC1(C)O. The summed E-state index contributed by atoms with van der Waals surface area (Å²) in [4.78, 5) is 0. The van der Waals surface area contributed by atoms with Crippen LogP contribution >= 0.6 is 0 Å². The van der Waals surface area contributed by atoms with Crippen LogP contribution in [0, 0.1) is 5.92 Å². The summed E-state index contributed by atoms with van der Waals surface area (Å²) in [6, 6.07) is 0. The molecule has 0 amide bonds. The summed E-state index contributed by atoms with van der Waals surface area (Å²) in [5.41, 5.74) is 4.97. The minimum absolute atomic E-state index is 0.303. The highest BCUT2D eigenvalue weighted by Crippen LogP contribution is 2.36. The molecule has 0 saturated heterocycles. The molecule has 2 nitrogen and oxygen atoms in total. The molecule has 1 aliphatic carbocycles. The molecule has 0 radical (unpaired) electrons. The van der Waals surface area contributed by atoms with Crippen LogP contribution in [0.2, 0.25) is 0 Å². The van der Waals surface area contributed by atoms with Crippen molar-refractivity contribution < 1.29 is 5.11 Å². The van der Waals surface area contributed by atoms with Crippen LogP contribution in [0.1, 0.15) is 33.6 Å². The summed E-state index contributed by atoms with van der Waals surface area (Å²) >= 11 is 0. The van der Waals surface area contributed by atoms with Gasteiger partial charge in [-0.2, -0.15) is 0 Å². The number of rotatable bonds is 1. The predicted molar refractivity (Wildman–Crippen MR) is 50.8 cm³/mol. The molecule has 0 aromatic carbocycles. The highest BCUT2D eigenvalue weighted by Gasteiger charge is 2.46. The molecule has 0 aromatic rings. The maximum atomic E-state index is 10.1. The van der Waals surface area contributed by atoms with E-state index in [1.807, 2.05) is 13.0 Å². The largest absolute Gasteiger partial charge is 0.388 e. The number of hydrogen-bond acceptors (Lipinski definition) is 2. The zero-order valence-corrected chi connectivity index (χ0v) is 8.17. The van der Waals surface area contributed by atoms with Gasteiger partial charge in [-0.3, -0.25) is 0 Å². The number of hydrogen-bond donors (Lipinski definition) is 2. The molecule has 0 fully saturated rings. The highest BCUT2D eigenvalue weighted by molar-refractivity contribution is 5.14. The molecule has 0 bridgehead atoms. The summed E-state index contributed by atoms with van der Waals surface area (Å²) in [6.07, 6.45) is 5.52. The van der Waals surface area contributed by atoms with E-state index in [0.29, 0.717) is 12.3 Å². The average Bonchev–Trinajstić information content (AvgIpc) is 1.95. The molecule has 0 aromatic heterocycles. The van der Waals surface area contributed by atoms with Crippen LogP contribution in [-0.4, -0.2) is 16.2 Å². The quantitative estimate of drug-likeness (QED) is 0.583. The standard InChI is InChI=1S/C10H19NO/c1-8(2)10(11)7-5-4-6-9(10,3)12/h4-5,8,12H,6-7,11H2,1-3H3. The molecule has 1 rings (SSSR count). The van der Waals surface area contributed by atoms with Gasteiger partial charge in [0.15, 0.2) is 0 Å². The zero-order chi connectivity index (χ0) is 9.41. The van der Waals surface area contributed by atoms with Crippen LogP contribution in [0.5, 0.6) is 0 Å². The summed E-state index contributed by atoms with van der Waals surface area (Å²) in [5.74, 6) is 0.303. The van der Waals surface area contributed by atoms with E-state index in [2.05, 4.69) is 19.9 Å². The fraction of sp³-hybridized carbons (Fsp3) is 0.800. The predicted octanol–water partition coefficient (Wildman–Crippen LogP) is 1.44. The molecule has 0 saturated carbocycles. The van der Waals surface area contributed by atoms with E-state index in [0.717, 1.165) is 6.42 Å². The van der Waals surface area contributed by atoms with Crippen LogP contribution in [0.4, 0.5) is 0 Å². The second kappa shape index (κ2) is 2.86. The van der Waals surface area contributed by atoms with Gasteiger partial charge in [0.25, 0.3) is 0 Å². The van der Waals surface area contributed by atoms with Gasteiger partial charge in [0.05, 0.1) is 11.1 Å². The molecule has 2 atom stereocenters. The van der Waals surface area contributed by atoms with Crippen molar-refractivity contribution in [2.45, 2.75) is 44.8 Å². The van der Waals surface area contributed by atoms with Crippen LogP contribution in [0.3, 0.4) is 0 Å². The molecule has 70 valence electrons. The van der Waals surface area contributed by atoms with Gasteiger partial charge in [-0.15, -0.1) is 0 Å². The monoisotopic (exact) mass is 169 g/mol. The molecular formula is C10H19NO. The van der Waals surface area contributed by atoms with Gasteiger partial charge in [0.2, 0.25) is 0 Å². The maximum Gasteiger partial charge on any atom is 0.0838 e. The van der Waals surface area contributed by atoms with Crippen LogP contribution in [-0.2, 0) is 0 Å². The first-order chi connectivity index (χ1) is 5.40. The van der Waals surface area contributed by atoms with Gasteiger partial charge in [-0.05, 0) is 25.7 Å². The Morgan fingerprint density at radius 3 is 2.17 bits per heavy atom. The van der Waals surface area contributed by atoms with Gasteiger partial charge < -0.3 is 10.8 Å². The third kappa shape index (κ3) is 1.29. The van der Waals surface area contributed by atoms with E-state index < -0.39 is 11.1 Å². The number of aliphatic hydroxyl groups is 1. The Kier molecular flexibility index (Phi) is 2.32. The van der Waals surface area contributed by atoms with Crippen LogP contribution < -0.4 is 5.73 Å². The zero-order valence-electron chi connectivity index (χ0n) is 8.17. The topological polar surface area (TPSA) is 46.2 Å². The third-order valence-electron chi connectivity index (χ3n) is 3.17. The lowest BCUT2D eigenvalue weighted by Gasteiger charge is -2.47. The molecule has 12 heavy (non-hydrogen) atoms. The summed E-state index contributed by atoms with van der Waals surface area (Å²) in [5, 5.41) is 10.1. The van der Waals surface area contributed by atoms with E-state index in [9.17, 15) is 5.11 Å². The fourth-order valence-electron chi connectivity index (χ4n) is 1.86. The van der Waals surface area contributed by atoms with E-state index in [1.54, 1.807) is 0 Å². The van der Waals surface area contributed by atoms with Gasteiger partial charge in [0.1, 0.15) is 0 Å². The van der Waals surface area contributed by atoms with Crippen molar-refractivity contribution in [1.82, 2.24) is 0 Å². The van der Waals surface area contributed by atoms with Crippen molar-refractivity contribution in [3.63, 3.8) is 0 Å². The van der Waals surface area contributed by atoms with E-state index in [1.165, 1.54) is 0 Å². The maximum absolute atomic E-state index is 10.1. The Labute approximate surface area is 74.5 Å². The van der Waals surface area contributed by atoms with Crippen LogP contribution in [0.15, 0.2) is 12.2 Å². The van der Waals surface area contributed by atoms with E-state index in [-0.39, 0.29) is 0 Å². The lowest BCUT2D eigenvalue weighted by atomic mass is 9.67. The molecule has 0 aliphatic heterocycles. The van der Waals surface area contributed by atoms with Gasteiger partial charge in [-0.25, -0.2) is 0 Å². The van der Waals surface area contributed by atoms with Crippen molar-refractivity contribution in [2.75, 3.05) is 0 Å². The van der Waals surface area contributed by atoms with Crippen molar-refractivity contribution in [3.8, 4) is 0 Å². The normalized spacial score (nSPS) is 42.2. The average molecular weight is 169 g/mol. The molecular weight excluding hydrogens is 150 g/mol. The van der Waals surface area contributed by atoms with Crippen molar-refractivity contribution >= 4 is 0 Å². The highest BCUT2D eigenvalue weighted by atomic mass is 16.3. The second-order valence-electron chi connectivity index (χ2n) is 4.35. The molecule has 1 aliphatic rings. The Morgan fingerprint density at radius 2 is 1.83 bits per heavy atom. The summed E-state index contributed by atoms with van der Waals surface area (Å²) in [7, 11) is 0. The smallest absolute Gasteiger partial charge is 0.0838 e. The third-order valence-corrected chi connectivity index (χ3v) is 3.17. The lowest BCUT2D eigenvalue weighted by Crippen LogP contribution is -2.62. The molecule has 2 unspecified atom stereocenters. The van der Waals surface area contributed by atoms with Gasteiger partial charge >= 0.3 is 0 Å². The minimum atomic E-state index is -0.754. The lowest BCUT2D eigenvalue weighted by molar-refractivity contribution is -0.0419. The summed E-state index contributed by atoms with van der Waals surface area (Å²) < 4.78 is 0. The fourth-order valence-corrected chi connectivity index (χ4v) is 1.86.